The number of aryl methyl sites for hydroxylation is 1. The van der Waals surface area contributed by atoms with Crippen LogP contribution in [0.3, 0.4) is 0 Å². The zero-order valence-corrected chi connectivity index (χ0v) is 11.9. The molecule has 0 saturated heterocycles. The second-order valence-electron chi connectivity index (χ2n) is 4.99. The van der Waals surface area contributed by atoms with Crippen LogP contribution in [0.2, 0.25) is 0 Å². The fraction of sp³-hybridized carbons (Fsp3) is 0.176. The molecule has 4 heteroatoms. The third-order valence-electron chi connectivity index (χ3n) is 3.36. The third kappa shape index (κ3) is 2.85. The van der Waals surface area contributed by atoms with E-state index in [9.17, 15) is 0 Å². The summed E-state index contributed by atoms with van der Waals surface area (Å²) < 4.78 is 5.43. The minimum atomic E-state index is 0.538. The third-order valence-corrected chi connectivity index (χ3v) is 3.36. The van der Waals surface area contributed by atoms with E-state index in [4.69, 9.17) is 10.3 Å². The molecule has 2 aromatic carbocycles. The summed E-state index contributed by atoms with van der Waals surface area (Å²) in [7, 11) is 0. The normalized spacial score (nSPS) is 10.8. The molecular formula is C17H17N3O. The maximum atomic E-state index is 5.65. The van der Waals surface area contributed by atoms with Crippen molar-refractivity contribution in [2.75, 3.05) is 6.54 Å². The fourth-order valence-corrected chi connectivity index (χ4v) is 2.34. The van der Waals surface area contributed by atoms with Crippen molar-refractivity contribution in [2.24, 2.45) is 5.73 Å². The van der Waals surface area contributed by atoms with Gasteiger partial charge < -0.3 is 10.3 Å². The molecule has 2 N–H and O–H groups in total. The van der Waals surface area contributed by atoms with Gasteiger partial charge >= 0.3 is 0 Å². The lowest BCUT2D eigenvalue weighted by atomic mass is 10.0. The zero-order chi connectivity index (χ0) is 14.7. The van der Waals surface area contributed by atoms with E-state index in [1.165, 1.54) is 5.56 Å². The predicted molar refractivity (Wildman–Crippen MR) is 82.7 cm³/mol. The van der Waals surface area contributed by atoms with Gasteiger partial charge in [0.25, 0.3) is 5.89 Å². The van der Waals surface area contributed by atoms with Crippen molar-refractivity contribution in [2.45, 2.75) is 13.3 Å². The molecule has 106 valence electrons. The lowest BCUT2D eigenvalue weighted by Crippen LogP contribution is -2.03. The number of benzene rings is 2. The minimum absolute atomic E-state index is 0.538. The highest BCUT2D eigenvalue weighted by molar-refractivity contribution is 5.62. The second kappa shape index (κ2) is 5.89. The summed E-state index contributed by atoms with van der Waals surface area (Å²) in [6.45, 7) is 2.64. The molecule has 21 heavy (non-hydrogen) atoms. The van der Waals surface area contributed by atoms with Crippen molar-refractivity contribution < 1.29 is 4.52 Å². The van der Waals surface area contributed by atoms with Gasteiger partial charge in [-0.1, -0.05) is 47.1 Å². The van der Waals surface area contributed by atoms with Crippen LogP contribution < -0.4 is 5.73 Å². The van der Waals surface area contributed by atoms with E-state index in [1.54, 1.807) is 0 Å². The number of hydrogen-bond donors (Lipinski definition) is 1. The van der Waals surface area contributed by atoms with Crippen LogP contribution in [-0.4, -0.2) is 16.7 Å². The largest absolute Gasteiger partial charge is 0.334 e. The van der Waals surface area contributed by atoms with E-state index in [2.05, 4.69) is 10.1 Å². The van der Waals surface area contributed by atoms with E-state index >= 15 is 0 Å². The van der Waals surface area contributed by atoms with E-state index < -0.39 is 0 Å². The summed E-state index contributed by atoms with van der Waals surface area (Å²) in [5.41, 5.74) is 9.86. The van der Waals surface area contributed by atoms with Gasteiger partial charge in [-0.3, -0.25) is 0 Å². The molecule has 4 nitrogen and oxygen atoms in total. The van der Waals surface area contributed by atoms with Gasteiger partial charge in [-0.25, -0.2) is 0 Å². The molecule has 0 atom stereocenters. The van der Waals surface area contributed by atoms with Crippen LogP contribution in [0.25, 0.3) is 22.8 Å². The van der Waals surface area contributed by atoms with Crippen molar-refractivity contribution in [3.63, 3.8) is 0 Å². The first-order valence-corrected chi connectivity index (χ1v) is 6.97. The number of nitrogens with zero attached hydrogens (tertiary/aromatic N) is 2. The Morgan fingerprint density at radius 2 is 1.95 bits per heavy atom. The summed E-state index contributed by atoms with van der Waals surface area (Å²) in [6, 6.07) is 16.0. The van der Waals surface area contributed by atoms with E-state index in [-0.39, 0.29) is 0 Å². The minimum Gasteiger partial charge on any atom is -0.334 e. The first kappa shape index (κ1) is 13.5. The average Bonchev–Trinajstić information content (AvgIpc) is 2.98. The molecule has 1 heterocycles. The summed E-state index contributed by atoms with van der Waals surface area (Å²) >= 11 is 0. The first-order valence-electron chi connectivity index (χ1n) is 6.97. The quantitative estimate of drug-likeness (QED) is 0.796. The SMILES string of the molecule is Cc1cccc(-c2noc(-c3ccccc3CCN)n2)c1. The van der Waals surface area contributed by atoms with Gasteiger partial charge in [0, 0.05) is 11.1 Å². The Balaban J connectivity index is 1.99. The summed E-state index contributed by atoms with van der Waals surface area (Å²) in [5.74, 6) is 1.15. The summed E-state index contributed by atoms with van der Waals surface area (Å²) in [5, 5.41) is 4.09. The highest BCUT2D eigenvalue weighted by Gasteiger charge is 2.13. The van der Waals surface area contributed by atoms with E-state index in [0.29, 0.717) is 18.3 Å². The zero-order valence-electron chi connectivity index (χ0n) is 11.9. The Hall–Kier alpha value is -2.46. The molecule has 0 fully saturated rings. The molecule has 0 aliphatic heterocycles. The lowest BCUT2D eigenvalue weighted by molar-refractivity contribution is 0.432. The van der Waals surface area contributed by atoms with Gasteiger partial charge in [-0.05, 0) is 37.6 Å². The predicted octanol–water partition coefficient (Wildman–Crippen LogP) is 3.21. The van der Waals surface area contributed by atoms with Crippen LogP contribution in [0.1, 0.15) is 11.1 Å². The second-order valence-corrected chi connectivity index (χ2v) is 4.99. The van der Waals surface area contributed by atoms with Crippen LogP contribution in [0.4, 0.5) is 0 Å². The Kier molecular flexibility index (Phi) is 3.79. The number of aromatic nitrogens is 2. The maximum Gasteiger partial charge on any atom is 0.258 e. The standard InChI is InChI=1S/C17H17N3O/c1-12-5-4-7-14(11-12)16-19-17(21-20-16)15-8-3-2-6-13(15)9-10-18/h2-8,11H,9-10,18H2,1H3. The number of nitrogens with two attached hydrogens (primary N) is 1. The van der Waals surface area contributed by atoms with Gasteiger partial charge in [0.2, 0.25) is 5.82 Å². The van der Waals surface area contributed by atoms with Crippen molar-refractivity contribution in [3.8, 4) is 22.8 Å². The van der Waals surface area contributed by atoms with Crippen molar-refractivity contribution in [1.29, 1.82) is 0 Å². The Bertz CT molecular complexity index is 749. The molecule has 1 aromatic heterocycles. The molecule has 0 unspecified atom stereocenters. The number of rotatable bonds is 4. The van der Waals surface area contributed by atoms with Crippen LogP contribution in [0.5, 0.6) is 0 Å². The van der Waals surface area contributed by atoms with E-state index in [0.717, 1.165) is 23.1 Å². The van der Waals surface area contributed by atoms with Crippen LogP contribution in [0.15, 0.2) is 53.1 Å². The lowest BCUT2D eigenvalue weighted by Gasteiger charge is -2.03. The van der Waals surface area contributed by atoms with Crippen LogP contribution in [-0.2, 0) is 6.42 Å². The Labute approximate surface area is 123 Å². The molecule has 0 bridgehead atoms. The van der Waals surface area contributed by atoms with E-state index in [1.807, 2.05) is 55.5 Å². The van der Waals surface area contributed by atoms with Crippen molar-refractivity contribution in [3.05, 3.63) is 59.7 Å². The first-order chi connectivity index (χ1) is 10.3. The van der Waals surface area contributed by atoms with Crippen LogP contribution in [0, 0.1) is 6.92 Å². The molecule has 3 rings (SSSR count). The average molecular weight is 279 g/mol. The number of hydrogen-bond acceptors (Lipinski definition) is 4. The highest BCUT2D eigenvalue weighted by atomic mass is 16.5. The fourth-order valence-electron chi connectivity index (χ4n) is 2.34. The molecule has 0 spiro atoms. The topological polar surface area (TPSA) is 64.9 Å². The monoisotopic (exact) mass is 279 g/mol. The van der Waals surface area contributed by atoms with Crippen molar-refractivity contribution >= 4 is 0 Å². The van der Waals surface area contributed by atoms with Gasteiger partial charge in [0.1, 0.15) is 0 Å². The van der Waals surface area contributed by atoms with Gasteiger partial charge in [-0.15, -0.1) is 0 Å². The molecule has 3 aromatic rings. The highest BCUT2D eigenvalue weighted by Crippen LogP contribution is 2.25. The molecule has 0 aliphatic rings. The molecule has 0 amide bonds. The molecule has 0 aliphatic carbocycles. The smallest absolute Gasteiger partial charge is 0.258 e. The molecule has 0 saturated carbocycles. The van der Waals surface area contributed by atoms with Crippen LogP contribution >= 0.6 is 0 Å². The van der Waals surface area contributed by atoms with Crippen molar-refractivity contribution in [1.82, 2.24) is 10.1 Å². The maximum absolute atomic E-state index is 5.65. The Morgan fingerprint density at radius 1 is 1.10 bits per heavy atom. The molecular weight excluding hydrogens is 262 g/mol. The van der Waals surface area contributed by atoms with Gasteiger partial charge in [0.15, 0.2) is 0 Å². The Morgan fingerprint density at radius 3 is 2.76 bits per heavy atom. The van der Waals surface area contributed by atoms with Gasteiger partial charge in [-0.2, -0.15) is 4.98 Å². The summed E-state index contributed by atoms with van der Waals surface area (Å²) in [4.78, 5) is 4.52. The van der Waals surface area contributed by atoms with Gasteiger partial charge in [0.05, 0.1) is 0 Å². The molecule has 0 radical (unpaired) electrons. The summed E-state index contributed by atoms with van der Waals surface area (Å²) in [6.07, 6.45) is 0.790.